The second kappa shape index (κ2) is 5.30. The molecular weight excluding hydrogens is 198 g/mol. The van der Waals surface area contributed by atoms with E-state index in [0.29, 0.717) is 6.54 Å². The number of rotatable bonds is 5. The van der Waals surface area contributed by atoms with E-state index in [1.165, 1.54) is 31.5 Å². The Bertz CT molecular complexity index is 334. The molecule has 0 spiro atoms. The summed E-state index contributed by atoms with van der Waals surface area (Å²) in [6, 6.07) is 2.09. The molecule has 0 radical (unpaired) electrons. The maximum Gasteiger partial charge on any atom is 0.0442 e. The molecule has 0 aliphatic heterocycles. The molecule has 0 bridgehead atoms. The Morgan fingerprint density at radius 2 is 2.31 bits per heavy atom. The van der Waals surface area contributed by atoms with Crippen LogP contribution in [0.3, 0.4) is 0 Å². The molecule has 0 atom stereocenters. The van der Waals surface area contributed by atoms with Gasteiger partial charge < -0.3 is 10.6 Å². The molecule has 2 N–H and O–H groups in total. The molecular formula is C13H21N3. The average molecular weight is 219 g/mol. The van der Waals surface area contributed by atoms with Gasteiger partial charge in [-0.15, -0.1) is 0 Å². The van der Waals surface area contributed by atoms with Crippen LogP contribution in [0.25, 0.3) is 0 Å². The van der Waals surface area contributed by atoms with Crippen LogP contribution in [0, 0.1) is 5.92 Å². The van der Waals surface area contributed by atoms with Crippen LogP contribution in [0.1, 0.15) is 31.7 Å². The predicted molar refractivity (Wildman–Crippen MR) is 67.4 cm³/mol. The van der Waals surface area contributed by atoms with Crippen LogP contribution in [-0.4, -0.2) is 18.1 Å². The van der Waals surface area contributed by atoms with E-state index in [0.717, 1.165) is 18.0 Å². The molecule has 2 rings (SSSR count). The van der Waals surface area contributed by atoms with E-state index in [4.69, 9.17) is 5.73 Å². The molecule has 1 aliphatic rings. The third kappa shape index (κ3) is 2.35. The van der Waals surface area contributed by atoms with Gasteiger partial charge in [0.2, 0.25) is 0 Å². The van der Waals surface area contributed by atoms with E-state index in [-0.39, 0.29) is 0 Å². The minimum Gasteiger partial charge on any atom is -0.371 e. The summed E-state index contributed by atoms with van der Waals surface area (Å²) in [5.74, 6) is 0.888. The zero-order chi connectivity index (χ0) is 11.4. The van der Waals surface area contributed by atoms with Gasteiger partial charge >= 0.3 is 0 Å². The van der Waals surface area contributed by atoms with Gasteiger partial charge in [-0.2, -0.15) is 0 Å². The molecule has 1 aromatic rings. The Kier molecular flexibility index (Phi) is 3.78. The highest BCUT2D eigenvalue weighted by molar-refractivity contribution is 5.52. The van der Waals surface area contributed by atoms with E-state index >= 15 is 0 Å². The van der Waals surface area contributed by atoms with Gasteiger partial charge in [0.05, 0.1) is 0 Å². The van der Waals surface area contributed by atoms with Crippen molar-refractivity contribution in [3.05, 3.63) is 24.0 Å². The Labute approximate surface area is 97.7 Å². The minimum atomic E-state index is 0.574. The third-order valence-corrected chi connectivity index (χ3v) is 3.52. The quantitative estimate of drug-likeness (QED) is 0.825. The van der Waals surface area contributed by atoms with E-state index in [1.54, 1.807) is 0 Å². The summed E-state index contributed by atoms with van der Waals surface area (Å²) < 4.78 is 0. The van der Waals surface area contributed by atoms with Crippen LogP contribution in [0.4, 0.5) is 5.69 Å². The van der Waals surface area contributed by atoms with Crippen molar-refractivity contribution in [1.82, 2.24) is 4.98 Å². The summed E-state index contributed by atoms with van der Waals surface area (Å²) in [5.41, 5.74) is 8.18. The van der Waals surface area contributed by atoms with Crippen molar-refractivity contribution >= 4 is 5.69 Å². The summed E-state index contributed by atoms with van der Waals surface area (Å²) >= 11 is 0. The van der Waals surface area contributed by atoms with Gasteiger partial charge in [-0.1, -0.05) is 6.42 Å². The smallest absolute Gasteiger partial charge is 0.0442 e. The molecule has 1 saturated carbocycles. The Hall–Kier alpha value is -1.09. The summed E-state index contributed by atoms with van der Waals surface area (Å²) in [6.45, 7) is 5.00. The van der Waals surface area contributed by atoms with Crippen molar-refractivity contribution in [2.24, 2.45) is 11.7 Å². The first-order chi connectivity index (χ1) is 7.85. The lowest BCUT2D eigenvalue weighted by molar-refractivity contribution is 0.318. The van der Waals surface area contributed by atoms with Gasteiger partial charge in [0.25, 0.3) is 0 Å². The molecule has 16 heavy (non-hydrogen) atoms. The zero-order valence-corrected chi connectivity index (χ0v) is 10.0. The fourth-order valence-corrected chi connectivity index (χ4v) is 2.27. The number of pyridine rings is 1. The topological polar surface area (TPSA) is 42.2 Å². The summed E-state index contributed by atoms with van der Waals surface area (Å²) in [5, 5.41) is 0. The SMILES string of the molecule is CCN(CC1CCC1)c1ccncc1CN. The van der Waals surface area contributed by atoms with Crippen molar-refractivity contribution in [3.63, 3.8) is 0 Å². The van der Waals surface area contributed by atoms with Crippen LogP contribution in [0.5, 0.6) is 0 Å². The van der Waals surface area contributed by atoms with E-state index in [2.05, 4.69) is 22.9 Å². The molecule has 1 fully saturated rings. The number of nitrogens with zero attached hydrogens (tertiary/aromatic N) is 2. The molecule has 1 aromatic heterocycles. The first kappa shape index (κ1) is 11.4. The first-order valence-electron chi connectivity index (χ1n) is 6.23. The molecule has 88 valence electrons. The van der Waals surface area contributed by atoms with Crippen molar-refractivity contribution in [3.8, 4) is 0 Å². The summed E-state index contributed by atoms with van der Waals surface area (Å²) in [6.07, 6.45) is 7.93. The number of nitrogens with two attached hydrogens (primary N) is 1. The van der Waals surface area contributed by atoms with Crippen molar-refractivity contribution in [2.75, 3.05) is 18.0 Å². The third-order valence-electron chi connectivity index (χ3n) is 3.52. The van der Waals surface area contributed by atoms with Gasteiger partial charge in [0.15, 0.2) is 0 Å². The molecule has 0 unspecified atom stereocenters. The average Bonchev–Trinajstić information content (AvgIpc) is 2.28. The fourth-order valence-electron chi connectivity index (χ4n) is 2.27. The van der Waals surface area contributed by atoms with Crippen molar-refractivity contribution in [2.45, 2.75) is 32.7 Å². The normalized spacial score (nSPS) is 15.9. The van der Waals surface area contributed by atoms with E-state index in [9.17, 15) is 0 Å². The second-order valence-electron chi connectivity index (χ2n) is 4.54. The maximum atomic E-state index is 5.75. The molecule has 1 heterocycles. The van der Waals surface area contributed by atoms with Crippen LogP contribution in [0.2, 0.25) is 0 Å². The largest absolute Gasteiger partial charge is 0.371 e. The lowest BCUT2D eigenvalue weighted by Gasteiger charge is -2.34. The highest BCUT2D eigenvalue weighted by atomic mass is 15.1. The summed E-state index contributed by atoms with van der Waals surface area (Å²) in [4.78, 5) is 6.58. The lowest BCUT2D eigenvalue weighted by atomic mass is 9.85. The van der Waals surface area contributed by atoms with E-state index in [1.807, 2.05) is 12.4 Å². The van der Waals surface area contributed by atoms with Crippen LogP contribution in [0.15, 0.2) is 18.5 Å². The molecule has 0 aromatic carbocycles. The molecule has 3 heteroatoms. The predicted octanol–water partition coefficient (Wildman–Crippen LogP) is 2.17. The highest BCUT2D eigenvalue weighted by Gasteiger charge is 2.21. The standard InChI is InChI=1S/C13H21N3/c1-2-16(10-11-4-3-5-11)13-6-7-15-9-12(13)8-14/h6-7,9,11H,2-5,8,10,14H2,1H3. The second-order valence-corrected chi connectivity index (χ2v) is 4.54. The minimum absolute atomic E-state index is 0.574. The van der Waals surface area contributed by atoms with Gasteiger partial charge in [-0.3, -0.25) is 4.98 Å². The fraction of sp³-hybridized carbons (Fsp3) is 0.615. The zero-order valence-electron chi connectivity index (χ0n) is 10.0. The van der Waals surface area contributed by atoms with Gasteiger partial charge in [-0.05, 0) is 31.7 Å². The number of aromatic nitrogens is 1. The molecule has 0 amide bonds. The van der Waals surface area contributed by atoms with E-state index < -0.39 is 0 Å². The Morgan fingerprint density at radius 1 is 1.50 bits per heavy atom. The first-order valence-corrected chi connectivity index (χ1v) is 6.23. The van der Waals surface area contributed by atoms with Gasteiger partial charge in [-0.25, -0.2) is 0 Å². The van der Waals surface area contributed by atoms with Crippen LogP contribution < -0.4 is 10.6 Å². The molecule has 1 aliphatic carbocycles. The number of hydrogen-bond acceptors (Lipinski definition) is 3. The summed E-state index contributed by atoms with van der Waals surface area (Å²) in [7, 11) is 0. The van der Waals surface area contributed by atoms with Crippen LogP contribution >= 0.6 is 0 Å². The van der Waals surface area contributed by atoms with Gasteiger partial charge in [0.1, 0.15) is 0 Å². The van der Waals surface area contributed by atoms with Crippen molar-refractivity contribution < 1.29 is 0 Å². The molecule has 3 nitrogen and oxygen atoms in total. The Morgan fingerprint density at radius 3 is 2.88 bits per heavy atom. The number of anilines is 1. The highest BCUT2D eigenvalue weighted by Crippen LogP contribution is 2.29. The maximum absolute atomic E-state index is 5.75. The lowest BCUT2D eigenvalue weighted by Crippen LogP contribution is -2.33. The molecule has 0 saturated heterocycles. The monoisotopic (exact) mass is 219 g/mol. The van der Waals surface area contributed by atoms with Crippen LogP contribution in [-0.2, 0) is 6.54 Å². The Balaban J connectivity index is 2.11. The number of hydrogen-bond donors (Lipinski definition) is 1. The van der Waals surface area contributed by atoms with Crippen molar-refractivity contribution in [1.29, 1.82) is 0 Å². The van der Waals surface area contributed by atoms with Gasteiger partial charge in [0, 0.05) is 43.3 Å².